The lowest BCUT2D eigenvalue weighted by atomic mass is 10.1. The van der Waals surface area contributed by atoms with Gasteiger partial charge in [0.25, 0.3) is 0 Å². The van der Waals surface area contributed by atoms with Crippen molar-refractivity contribution in [2.24, 2.45) is 0 Å². The van der Waals surface area contributed by atoms with Crippen LogP contribution in [0.4, 0.5) is 30.2 Å². The van der Waals surface area contributed by atoms with Gasteiger partial charge in [0, 0.05) is 10.2 Å². The van der Waals surface area contributed by atoms with Crippen LogP contribution in [0.15, 0.2) is 40.9 Å². The monoisotopic (exact) mass is 355 g/mol. The van der Waals surface area contributed by atoms with E-state index in [-0.39, 0.29) is 11.3 Å². The van der Waals surface area contributed by atoms with Crippen LogP contribution in [0.3, 0.4) is 0 Å². The lowest BCUT2D eigenvalue weighted by Gasteiger charge is -2.13. The van der Waals surface area contributed by atoms with Gasteiger partial charge in [0.15, 0.2) is 0 Å². The minimum absolute atomic E-state index is 0.0893. The first kappa shape index (κ1) is 15.2. The Hall–Kier alpha value is -2.20. The van der Waals surface area contributed by atoms with Crippen LogP contribution in [-0.4, -0.2) is 0 Å². The number of alkyl halides is 3. The van der Waals surface area contributed by atoms with Gasteiger partial charge in [0.1, 0.15) is 6.07 Å². The number of hydrogen-bond acceptors (Lipinski definition) is 3. The van der Waals surface area contributed by atoms with E-state index in [2.05, 4.69) is 21.2 Å². The number of nitrogens with one attached hydrogen (secondary N) is 1. The molecular weight excluding hydrogens is 347 g/mol. The quantitative estimate of drug-likeness (QED) is 0.769. The minimum Gasteiger partial charge on any atom is -0.399 e. The molecule has 108 valence electrons. The normalized spacial score (nSPS) is 11.0. The molecule has 0 aliphatic heterocycles. The molecule has 0 heterocycles. The Morgan fingerprint density at radius 1 is 1.10 bits per heavy atom. The second kappa shape index (κ2) is 5.66. The maximum Gasteiger partial charge on any atom is 0.416 e. The SMILES string of the molecule is N#Cc1cc(C(F)(F)F)ccc1Nc1ccc(N)cc1Br. The number of nitrogen functional groups attached to an aromatic ring is 1. The van der Waals surface area contributed by atoms with E-state index >= 15 is 0 Å². The zero-order chi connectivity index (χ0) is 15.6. The zero-order valence-electron chi connectivity index (χ0n) is 10.5. The summed E-state index contributed by atoms with van der Waals surface area (Å²) in [5.74, 6) is 0. The Balaban J connectivity index is 2.39. The van der Waals surface area contributed by atoms with E-state index in [9.17, 15) is 13.2 Å². The summed E-state index contributed by atoms with van der Waals surface area (Å²) in [4.78, 5) is 0. The third kappa shape index (κ3) is 3.47. The van der Waals surface area contributed by atoms with Crippen LogP contribution in [0, 0.1) is 11.3 Å². The van der Waals surface area contributed by atoms with Crippen molar-refractivity contribution in [1.29, 1.82) is 5.26 Å². The highest BCUT2D eigenvalue weighted by Crippen LogP contribution is 2.34. The van der Waals surface area contributed by atoms with Gasteiger partial charge in [0.2, 0.25) is 0 Å². The molecule has 21 heavy (non-hydrogen) atoms. The summed E-state index contributed by atoms with van der Waals surface area (Å²) in [7, 11) is 0. The predicted octanol–water partition coefficient (Wildman–Crippen LogP) is 4.67. The van der Waals surface area contributed by atoms with Crippen LogP contribution in [0.1, 0.15) is 11.1 Å². The molecule has 0 aliphatic rings. The maximum atomic E-state index is 12.6. The first-order chi connectivity index (χ1) is 9.81. The van der Waals surface area contributed by atoms with Crippen LogP contribution in [0.5, 0.6) is 0 Å². The van der Waals surface area contributed by atoms with Crippen LogP contribution in [-0.2, 0) is 6.18 Å². The summed E-state index contributed by atoms with van der Waals surface area (Å²) in [6.07, 6.45) is -4.48. The number of anilines is 3. The number of nitrogens with zero attached hydrogens (tertiary/aromatic N) is 1. The fourth-order valence-corrected chi connectivity index (χ4v) is 2.20. The highest BCUT2D eigenvalue weighted by molar-refractivity contribution is 9.10. The number of halogens is 4. The lowest BCUT2D eigenvalue weighted by Crippen LogP contribution is -2.06. The molecule has 3 N–H and O–H groups in total. The molecule has 2 aromatic carbocycles. The van der Waals surface area contributed by atoms with Gasteiger partial charge in [-0.15, -0.1) is 0 Å². The molecule has 0 fully saturated rings. The Bertz CT molecular complexity index is 720. The number of rotatable bonds is 2. The lowest BCUT2D eigenvalue weighted by molar-refractivity contribution is -0.137. The average molecular weight is 356 g/mol. The van der Waals surface area contributed by atoms with E-state index < -0.39 is 11.7 Å². The summed E-state index contributed by atoms with van der Waals surface area (Å²) in [5.41, 5.74) is 6.09. The molecule has 3 nitrogen and oxygen atoms in total. The van der Waals surface area contributed by atoms with Crippen molar-refractivity contribution in [3.63, 3.8) is 0 Å². The molecule has 0 amide bonds. The molecule has 0 bridgehead atoms. The van der Waals surface area contributed by atoms with Gasteiger partial charge < -0.3 is 11.1 Å². The van der Waals surface area contributed by atoms with Crippen LogP contribution >= 0.6 is 15.9 Å². The first-order valence-corrected chi connectivity index (χ1v) is 6.54. The molecule has 0 spiro atoms. The van der Waals surface area contributed by atoms with Crippen molar-refractivity contribution in [2.75, 3.05) is 11.1 Å². The number of nitrogens with two attached hydrogens (primary N) is 1. The topological polar surface area (TPSA) is 61.8 Å². The number of hydrogen-bond donors (Lipinski definition) is 2. The second-order valence-corrected chi connectivity index (χ2v) is 5.09. The molecule has 7 heteroatoms. The number of nitriles is 1. The molecule has 2 rings (SSSR count). The maximum absolute atomic E-state index is 12.6. The summed E-state index contributed by atoms with van der Waals surface area (Å²) in [6, 6.07) is 9.68. The summed E-state index contributed by atoms with van der Waals surface area (Å²) in [5, 5.41) is 11.9. The van der Waals surface area contributed by atoms with Gasteiger partial charge in [-0.1, -0.05) is 0 Å². The first-order valence-electron chi connectivity index (χ1n) is 5.74. The van der Waals surface area contributed by atoms with Crippen molar-refractivity contribution < 1.29 is 13.2 Å². The van der Waals surface area contributed by atoms with Gasteiger partial charge in [-0.05, 0) is 52.3 Å². The molecule has 0 unspecified atom stereocenters. The summed E-state index contributed by atoms with van der Waals surface area (Å²) >= 11 is 3.29. The Morgan fingerprint density at radius 3 is 2.33 bits per heavy atom. The Labute approximate surface area is 127 Å². The van der Waals surface area contributed by atoms with Crippen LogP contribution in [0.25, 0.3) is 0 Å². The zero-order valence-corrected chi connectivity index (χ0v) is 12.1. The predicted molar refractivity (Wildman–Crippen MR) is 78.0 cm³/mol. The highest BCUT2D eigenvalue weighted by atomic mass is 79.9. The Kier molecular flexibility index (Phi) is 4.09. The van der Waals surface area contributed by atoms with Crippen molar-refractivity contribution in [3.05, 3.63) is 52.0 Å². The van der Waals surface area contributed by atoms with Crippen LogP contribution < -0.4 is 11.1 Å². The van der Waals surface area contributed by atoms with Crippen molar-refractivity contribution in [1.82, 2.24) is 0 Å². The largest absolute Gasteiger partial charge is 0.416 e. The smallest absolute Gasteiger partial charge is 0.399 e. The van der Waals surface area contributed by atoms with E-state index in [1.807, 2.05) is 0 Å². The molecule has 2 aromatic rings. The number of benzene rings is 2. The van der Waals surface area contributed by atoms with E-state index in [1.54, 1.807) is 24.3 Å². The minimum atomic E-state index is -4.48. The fourth-order valence-electron chi connectivity index (χ4n) is 1.70. The van der Waals surface area contributed by atoms with E-state index in [4.69, 9.17) is 11.0 Å². The molecule has 0 aliphatic carbocycles. The second-order valence-electron chi connectivity index (χ2n) is 4.23. The van der Waals surface area contributed by atoms with Gasteiger partial charge in [-0.3, -0.25) is 0 Å². The molecule has 0 radical (unpaired) electrons. The van der Waals surface area contributed by atoms with Gasteiger partial charge in [-0.25, -0.2) is 0 Å². The Morgan fingerprint density at radius 2 is 1.76 bits per heavy atom. The molecule has 0 saturated heterocycles. The van der Waals surface area contributed by atoms with Crippen molar-refractivity contribution in [2.45, 2.75) is 6.18 Å². The third-order valence-corrected chi connectivity index (χ3v) is 3.39. The van der Waals surface area contributed by atoms with E-state index in [0.717, 1.165) is 12.1 Å². The van der Waals surface area contributed by atoms with E-state index in [1.165, 1.54) is 6.07 Å². The van der Waals surface area contributed by atoms with Gasteiger partial charge in [0.05, 0.1) is 22.5 Å². The third-order valence-electron chi connectivity index (χ3n) is 2.73. The molecule has 0 saturated carbocycles. The van der Waals surface area contributed by atoms with Crippen molar-refractivity contribution in [3.8, 4) is 6.07 Å². The van der Waals surface area contributed by atoms with Crippen molar-refractivity contribution >= 4 is 33.0 Å². The standard InChI is InChI=1S/C14H9BrF3N3/c15-11-6-10(20)2-4-13(11)21-12-3-1-9(14(16,17)18)5-8(12)7-19/h1-6,21H,20H2. The molecule has 0 aromatic heterocycles. The summed E-state index contributed by atoms with van der Waals surface area (Å²) in [6.45, 7) is 0. The van der Waals surface area contributed by atoms with Gasteiger partial charge in [-0.2, -0.15) is 18.4 Å². The van der Waals surface area contributed by atoms with Gasteiger partial charge >= 0.3 is 6.18 Å². The highest BCUT2D eigenvalue weighted by Gasteiger charge is 2.31. The molecular formula is C14H9BrF3N3. The molecule has 0 atom stereocenters. The fraction of sp³-hybridized carbons (Fsp3) is 0.0714. The van der Waals surface area contributed by atoms with E-state index in [0.29, 0.717) is 15.8 Å². The average Bonchev–Trinajstić information content (AvgIpc) is 2.41. The summed E-state index contributed by atoms with van der Waals surface area (Å²) < 4.78 is 38.5. The van der Waals surface area contributed by atoms with Crippen LogP contribution in [0.2, 0.25) is 0 Å².